The molecule has 1 N–H and O–H groups in total. The van der Waals surface area contributed by atoms with Gasteiger partial charge in [-0.3, -0.25) is 4.98 Å². The Morgan fingerprint density at radius 2 is 1.93 bits per heavy atom. The highest BCUT2D eigenvalue weighted by Crippen LogP contribution is 2.40. The number of aromatic nitrogens is 3. The van der Waals surface area contributed by atoms with Gasteiger partial charge in [-0.2, -0.15) is 0 Å². The predicted octanol–water partition coefficient (Wildman–Crippen LogP) is 4.60. The van der Waals surface area contributed by atoms with E-state index >= 15 is 0 Å². The molecule has 0 unspecified atom stereocenters. The summed E-state index contributed by atoms with van der Waals surface area (Å²) in [5.41, 5.74) is 2.21. The fourth-order valence-electron chi connectivity index (χ4n) is 4.05. The lowest BCUT2D eigenvalue weighted by Gasteiger charge is -2.33. The first kappa shape index (κ1) is 18.3. The third-order valence-electron chi connectivity index (χ3n) is 5.57. The molecule has 142 valence electrons. The molecular weight excluding hydrogens is 354 g/mol. The van der Waals surface area contributed by atoms with E-state index in [2.05, 4.69) is 52.3 Å². The molecule has 0 amide bonds. The van der Waals surface area contributed by atoms with Crippen LogP contribution in [0.1, 0.15) is 37.5 Å². The van der Waals surface area contributed by atoms with Gasteiger partial charge in [0, 0.05) is 28.7 Å². The van der Waals surface area contributed by atoms with Crippen LogP contribution in [0.4, 0.5) is 5.82 Å². The van der Waals surface area contributed by atoms with Gasteiger partial charge < -0.3 is 10.2 Å². The molecule has 0 bridgehead atoms. The Balaban J connectivity index is 1.69. The van der Waals surface area contributed by atoms with Gasteiger partial charge in [-0.05, 0) is 58.3 Å². The Bertz CT molecular complexity index is 898. The number of hydrogen-bond acceptors (Lipinski definition) is 6. The van der Waals surface area contributed by atoms with E-state index in [4.69, 9.17) is 0 Å². The third kappa shape index (κ3) is 3.69. The number of rotatable bonds is 5. The van der Waals surface area contributed by atoms with Crippen molar-refractivity contribution in [1.82, 2.24) is 19.9 Å². The summed E-state index contributed by atoms with van der Waals surface area (Å²) in [4.78, 5) is 18.5. The van der Waals surface area contributed by atoms with Crippen LogP contribution in [0.5, 0.6) is 0 Å². The van der Waals surface area contributed by atoms with Gasteiger partial charge in [-0.25, -0.2) is 9.97 Å². The van der Waals surface area contributed by atoms with Crippen molar-refractivity contribution in [3.63, 3.8) is 0 Å². The van der Waals surface area contributed by atoms with Gasteiger partial charge >= 0.3 is 0 Å². The number of aryl methyl sites for hydroxylation is 1. The normalized spacial score (nSPS) is 20.3. The third-order valence-corrected chi connectivity index (χ3v) is 6.81. The maximum Gasteiger partial charge on any atom is 0.139 e. The van der Waals surface area contributed by atoms with Crippen molar-refractivity contribution in [2.45, 2.75) is 51.1 Å². The van der Waals surface area contributed by atoms with E-state index in [0.29, 0.717) is 12.1 Å². The zero-order valence-electron chi connectivity index (χ0n) is 16.3. The first-order chi connectivity index (χ1) is 13.2. The Labute approximate surface area is 164 Å². The van der Waals surface area contributed by atoms with Crippen LogP contribution in [0.2, 0.25) is 0 Å². The first-order valence-corrected chi connectivity index (χ1v) is 10.6. The standard InChI is InChI=1S/C21H27N5S/c1-4-17-18(16-7-5-6-12-22-16)19-20(23-13-24-21(19)27-17)25-14-8-10-15(11-9-14)26(2)3/h5-7,12-15H,4,8-11H2,1-3H3,(H,23,24,25)/t14-,15-. The number of anilines is 1. The maximum absolute atomic E-state index is 4.64. The molecule has 0 aliphatic heterocycles. The minimum atomic E-state index is 0.473. The topological polar surface area (TPSA) is 53.9 Å². The van der Waals surface area contributed by atoms with Crippen molar-refractivity contribution in [2.24, 2.45) is 0 Å². The maximum atomic E-state index is 4.64. The fraction of sp³-hybridized carbons (Fsp3) is 0.476. The van der Waals surface area contributed by atoms with Crippen molar-refractivity contribution in [3.05, 3.63) is 35.6 Å². The lowest BCUT2D eigenvalue weighted by molar-refractivity contribution is 0.221. The molecule has 6 heteroatoms. The average molecular weight is 382 g/mol. The van der Waals surface area contributed by atoms with Crippen molar-refractivity contribution in [2.75, 3.05) is 19.4 Å². The Morgan fingerprint density at radius 3 is 2.59 bits per heavy atom. The highest BCUT2D eigenvalue weighted by molar-refractivity contribution is 7.19. The van der Waals surface area contributed by atoms with Crippen molar-refractivity contribution >= 4 is 27.4 Å². The molecule has 3 aromatic heterocycles. The number of nitrogens with one attached hydrogen (secondary N) is 1. The summed E-state index contributed by atoms with van der Waals surface area (Å²) < 4.78 is 0. The molecule has 1 aliphatic carbocycles. The number of nitrogens with zero attached hydrogens (tertiary/aromatic N) is 4. The van der Waals surface area contributed by atoms with E-state index < -0.39 is 0 Å². The lowest BCUT2D eigenvalue weighted by Crippen LogP contribution is -2.36. The minimum absolute atomic E-state index is 0.473. The van der Waals surface area contributed by atoms with Crippen LogP contribution in [0.15, 0.2) is 30.7 Å². The summed E-state index contributed by atoms with van der Waals surface area (Å²) in [6.07, 6.45) is 9.34. The van der Waals surface area contributed by atoms with Gasteiger partial charge in [-0.15, -0.1) is 11.3 Å². The van der Waals surface area contributed by atoms with Gasteiger partial charge in [0.1, 0.15) is 17.0 Å². The molecule has 5 nitrogen and oxygen atoms in total. The van der Waals surface area contributed by atoms with Crippen LogP contribution in [-0.2, 0) is 6.42 Å². The second-order valence-electron chi connectivity index (χ2n) is 7.48. The van der Waals surface area contributed by atoms with Crippen LogP contribution in [-0.4, -0.2) is 46.0 Å². The molecule has 1 fully saturated rings. The van der Waals surface area contributed by atoms with Gasteiger partial charge in [0.15, 0.2) is 0 Å². The summed E-state index contributed by atoms with van der Waals surface area (Å²) in [6, 6.07) is 7.26. The molecule has 0 atom stereocenters. The lowest BCUT2D eigenvalue weighted by atomic mass is 9.90. The van der Waals surface area contributed by atoms with E-state index in [1.807, 2.05) is 18.3 Å². The number of thiophene rings is 1. The molecule has 4 rings (SSSR count). The van der Waals surface area contributed by atoms with Crippen LogP contribution in [0.3, 0.4) is 0 Å². The Hall–Kier alpha value is -2.05. The molecule has 0 spiro atoms. The van der Waals surface area contributed by atoms with E-state index in [1.165, 1.54) is 36.1 Å². The smallest absolute Gasteiger partial charge is 0.139 e. The van der Waals surface area contributed by atoms with E-state index in [0.717, 1.165) is 28.1 Å². The quantitative estimate of drug-likeness (QED) is 0.700. The summed E-state index contributed by atoms with van der Waals surface area (Å²) >= 11 is 1.76. The summed E-state index contributed by atoms with van der Waals surface area (Å²) in [5.74, 6) is 0.963. The SMILES string of the molecule is CCc1sc2ncnc(N[C@H]3CC[C@H](N(C)C)CC3)c2c1-c1ccccn1. The monoisotopic (exact) mass is 381 g/mol. The largest absolute Gasteiger partial charge is 0.367 e. The molecule has 1 aliphatic rings. The van der Waals surface area contributed by atoms with E-state index in [1.54, 1.807) is 17.7 Å². The molecule has 27 heavy (non-hydrogen) atoms. The van der Waals surface area contributed by atoms with Gasteiger partial charge in [-0.1, -0.05) is 13.0 Å². The summed E-state index contributed by atoms with van der Waals surface area (Å²) in [5, 5.41) is 4.87. The van der Waals surface area contributed by atoms with Gasteiger partial charge in [0.05, 0.1) is 11.1 Å². The van der Waals surface area contributed by atoms with Crippen molar-refractivity contribution < 1.29 is 0 Å². The molecule has 0 aromatic carbocycles. The zero-order valence-corrected chi connectivity index (χ0v) is 17.1. The molecule has 3 aromatic rings. The molecular formula is C21H27N5S. The highest BCUT2D eigenvalue weighted by Gasteiger charge is 2.25. The van der Waals surface area contributed by atoms with Gasteiger partial charge in [0.25, 0.3) is 0 Å². The van der Waals surface area contributed by atoms with Crippen LogP contribution in [0.25, 0.3) is 21.5 Å². The van der Waals surface area contributed by atoms with E-state index in [9.17, 15) is 0 Å². The highest BCUT2D eigenvalue weighted by atomic mass is 32.1. The minimum Gasteiger partial charge on any atom is -0.367 e. The molecule has 0 saturated heterocycles. The second-order valence-corrected chi connectivity index (χ2v) is 8.57. The van der Waals surface area contributed by atoms with Crippen LogP contribution >= 0.6 is 11.3 Å². The molecule has 0 radical (unpaired) electrons. The number of fused-ring (bicyclic) bond motifs is 1. The summed E-state index contributed by atoms with van der Waals surface area (Å²) in [7, 11) is 4.37. The second kappa shape index (κ2) is 7.90. The fourth-order valence-corrected chi connectivity index (χ4v) is 5.14. The van der Waals surface area contributed by atoms with Crippen molar-refractivity contribution in [1.29, 1.82) is 0 Å². The first-order valence-electron chi connectivity index (χ1n) is 9.78. The van der Waals surface area contributed by atoms with Crippen LogP contribution in [0, 0.1) is 0 Å². The zero-order chi connectivity index (χ0) is 18.8. The Morgan fingerprint density at radius 1 is 1.11 bits per heavy atom. The average Bonchev–Trinajstić information content (AvgIpc) is 3.09. The number of hydrogen-bond donors (Lipinski definition) is 1. The Kier molecular flexibility index (Phi) is 5.36. The molecule has 3 heterocycles. The van der Waals surface area contributed by atoms with Gasteiger partial charge in [0.2, 0.25) is 0 Å². The van der Waals surface area contributed by atoms with E-state index in [-0.39, 0.29) is 0 Å². The van der Waals surface area contributed by atoms with Crippen molar-refractivity contribution in [3.8, 4) is 11.3 Å². The predicted molar refractivity (Wildman–Crippen MR) is 113 cm³/mol. The summed E-state index contributed by atoms with van der Waals surface area (Å²) in [6.45, 7) is 2.19. The van der Waals surface area contributed by atoms with Crippen LogP contribution < -0.4 is 5.32 Å². The number of pyridine rings is 1. The molecule has 1 saturated carbocycles.